The number of nitrogens with one attached hydrogen (secondary N) is 2. The molecule has 0 aliphatic heterocycles. The van der Waals surface area contributed by atoms with Gasteiger partial charge in [0.1, 0.15) is 5.82 Å². The molecule has 0 spiro atoms. The Morgan fingerprint density at radius 3 is 2.13 bits per heavy atom. The second kappa shape index (κ2) is 8.27. The summed E-state index contributed by atoms with van der Waals surface area (Å²) in [6.45, 7) is 0. The molecule has 0 unspecified atom stereocenters. The van der Waals surface area contributed by atoms with Gasteiger partial charge in [-0.05, 0) is 42.5 Å². The molecule has 0 radical (unpaired) electrons. The van der Waals surface area contributed by atoms with E-state index >= 15 is 0 Å². The average Bonchev–Trinajstić information content (AvgIpc) is 3.17. The minimum Gasteiger partial charge on any atom is -0.290 e. The zero-order valence-corrected chi connectivity index (χ0v) is 15.4. The van der Waals surface area contributed by atoms with E-state index in [2.05, 4.69) is 30.7 Å². The number of anilines is 2. The van der Waals surface area contributed by atoms with Gasteiger partial charge in [-0.15, -0.1) is 5.10 Å². The number of nitrogens with zero attached hydrogens (tertiary/aromatic N) is 5. The summed E-state index contributed by atoms with van der Waals surface area (Å²) in [5.41, 5.74) is 0.915. The van der Waals surface area contributed by atoms with E-state index in [-0.39, 0.29) is 11.9 Å². The number of hydrogen-bond donors (Lipinski definition) is 2. The number of carbonyl (C=O) groups excluding carboxylic acids is 2. The number of pyridine rings is 2. The number of hydrogen-bond acceptors (Lipinski definition) is 6. The van der Waals surface area contributed by atoms with E-state index in [1.54, 1.807) is 36.5 Å². The summed E-state index contributed by atoms with van der Waals surface area (Å²) in [5.74, 6) is -1.54. The lowest BCUT2D eigenvalue weighted by molar-refractivity contribution is 0.101. The topological polar surface area (TPSA) is 115 Å². The Morgan fingerprint density at radius 2 is 1.53 bits per heavy atom. The molecule has 9 nitrogen and oxygen atoms in total. The first-order valence-electron chi connectivity index (χ1n) is 8.76. The summed E-state index contributed by atoms with van der Waals surface area (Å²) in [5, 5.41) is 9.33. The molecule has 0 saturated heterocycles. The Morgan fingerprint density at radius 1 is 0.867 bits per heavy atom. The predicted octanol–water partition coefficient (Wildman–Crippen LogP) is 2.70. The summed E-state index contributed by atoms with van der Waals surface area (Å²) in [7, 11) is 0. The molecular weight excluding hydrogens is 389 g/mol. The molecule has 2 amide bonds. The van der Waals surface area contributed by atoms with Crippen molar-refractivity contribution in [2.45, 2.75) is 0 Å². The van der Waals surface area contributed by atoms with Crippen molar-refractivity contribution < 1.29 is 14.0 Å². The van der Waals surface area contributed by atoms with Crippen molar-refractivity contribution in [3.05, 3.63) is 90.3 Å². The lowest BCUT2D eigenvalue weighted by Crippen LogP contribution is -2.16. The van der Waals surface area contributed by atoms with Crippen LogP contribution in [0.5, 0.6) is 0 Å². The van der Waals surface area contributed by atoms with Gasteiger partial charge < -0.3 is 0 Å². The van der Waals surface area contributed by atoms with Gasteiger partial charge in [0, 0.05) is 24.8 Å². The van der Waals surface area contributed by atoms with Crippen LogP contribution in [-0.2, 0) is 0 Å². The van der Waals surface area contributed by atoms with Crippen LogP contribution in [0.15, 0.2) is 73.3 Å². The Labute approximate surface area is 169 Å². The first-order chi connectivity index (χ1) is 14.6. The molecule has 10 heteroatoms. The highest BCUT2D eigenvalue weighted by molar-refractivity contribution is 6.04. The fourth-order valence-electron chi connectivity index (χ4n) is 2.58. The zero-order valence-electron chi connectivity index (χ0n) is 15.4. The van der Waals surface area contributed by atoms with Gasteiger partial charge in [0.15, 0.2) is 0 Å². The lowest BCUT2D eigenvalue weighted by atomic mass is 10.3. The number of halogens is 1. The van der Waals surface area contributed by atoms with Gasteiger partial charge in [-0.1, -0.05) is 6.07 Å². The van der Waals surface area contributed by atoms with Gasteiger partial charge in [-0.2, -0.15) is 9.67 Å². The predicted molar refractivity (Wildman–Crippen MR) is 106 cm³/mol. The molecule has 2 N–H and O–H groups in total. The van der Waals surface area contributed by atoms with Crippen LogP contribution in [0, 0.1) is 5.82 Å². The Kier molecular flexibility index (Phi) is 5.20. The molecule has 0 saturated carbocycles. The maximum Gasteiger partial charge on any atom is 0.259 e. The van der Waals surface area contributed by atoms with E-state index in [1.807, 2.05) is 0 Å². The molecule has 3 heterocycles. The van der Waals surface area contributed by atoms with Crippen LogP contribution in [0.4, 0.5) is 16.3 Å². The molecule has 3 aromatic heterocycles. The highest BCUT2D eigenvalue weighted by Gasteiger charge is 2.18. The van der Waals surface area contributed by atoms with Gasteiger partial charge in [0.25, 0.3) is 17.8 Å². The maximum absolute atomic E-state index is 13.7. The SMILES string of the molecule is O=C(Nc1nc(NC(=O)c2cccnc2)n(-c2cccc(F)c2)n1)c1cccnc1. The fraction of sp³-hybridized carbons (Fsp3) is 0. The van der Waals surface area contributed by atoms with Crippen LogP contribution in [0.1, 0.15) is 20.7 Å². The molecule has 0 aliphatic rings. The molecule has 0 atom stereocenters. The summed E-state index contributed by atoms with van der Waals surface area (Å²) >= 11 is 0. The van der Waals surface area contributed by atoms with Crippen LogP contribution < -0.4 is 10.6 Å². The summed E-state index contributed by atoms with van der Waals surface area (Å²) in [6.07, 6.45) is 5.87. The molecule has 0 aliphatic carbocycles. The van der Waals surface area contributed by atoms with E-state index in [1.165, 1.54) is 41.5 Å². The van der Waals surface area contributed by atoms with Crippen molar-refractivity contribution >= 4 is 23.7 Å². The third kappa shape index (κ3) is 4.17. The fourth-order valence-corrected chi connectivity index (χ4v) is 2.58. The Hall–Kier alpha value is -4.47. The number of carbonyl (C=O) groups is 2. The average molecular weight is 403 g/mol. The van der Waals surface area contributed by atoms with Crippen molar-refractivity contribution in [3.63, 3.8) is 0 Å². The second-order valence-electron chi connectivity index (χ2n) is 6.04. The molecule has 0 fully saturated rings. The monoisotopic (exact) mass is 403 g/mol. The molecule has 1 aromatic carbocycles. The number of amides is 2. The molecule has 0 bridgehead atoms. The Balaban J connectivity index is 1.66. The van der Waals surface area contributed by atoms with Gasteiger partial charge in [-0.25, -0.2) is 4.39 Å². The van der Waals surface area contributed by atoms with Crippen molar-refractivity contribution in [2.24, 2.45) is 0 Å². The third-order valence-corrected chi connectivity index (χ3v) is 3.96. The smallest absolute Gasteiger partial charge is 0.259 e. The maximum atomic E-state index is 13.7. The first-order valence-corrected chi connectivity index (χ1v) is 8.76. The molecule has 30 heavy (non-hydrogen) atoms. The van der Waals surface area contributed by atoms with Gasteiger partial charge in [0.05, 0.1) is 16.8 Å². The van der Waals surface area contributed by atoms with E-state index in [4.69, 9.17) is 0 Å². The molecular formula is C20H14FN7O2. The largest absolute Gasteiger partial charge is 0.290 e. The molecule has 4 aromatic rings. The van der Waals surface area contributed by atoms with Crippen molar-refractivity contribution in [2.75, 3.05) is 10.6 Å². The van der Waals surface area contributed by atoms with E-state index in [0.29, 0.717) is 16.8 Å². The van der Waals surface area contributed by atoms with Gasteiger partial charge in [-0.3, -0.25) is 30.2 Å². The van der Waals surface area contributed by atoms with Crippen LogP contribution in [0.25, 0.3) is 5.69 Å². The highest BCUT2D eigenvalue weighted by Crippen LogP contribution is 2.18. The summed E-state index contributed by atoms with van der Waals surface area (Å²) in [4.78, 5) is 36.9. The highest BCUT2D eigenvalue weighted by atomic mass is 19.1. The van der Waals surface area contributed by atoms with Crippen LogP contribution in [0.2, 0.25) is 0 Å². The minimum atomic E-state index is -0.492. The van der Waals surface area contributed by atoms with Gasteiger partial charge in [0.2, 0.25) is 5.95 Å². The number of rotatable bonds is 5. The molecule has 148 valence electrons. The number of benzene rings is 1. The van der Waals surface area contributed by atoms with Gasteiger partial charge >= 0.3 is 0 Å². The second-order valence-corrected chi connectivity index (χ2v) is 6.04. The summed E-state index contributed by atoms with van der Waals surface area (Å²) < 4.78 is 14.9. The summed E-state index contributed by atoms with van der Waals surface area (Å²) in [6, 6.07) is 12.0. The minimum absolute atomic E-state index is 0.00376. The van der Waals surface area contributed by atoms with E-state index in [0.717, 1.165) is 0 Å². The van der Waals surface area contributed by atoms with Crippen molar-refractivity contribution in [1.82, 2.24) is 24.7 Å². The molecule has 4 rings (SSSR count). The van der Waals surface area contributed by atoms with Crippen molar-refractivity contribution in [1.29, 1.82) is 0 Å². The van der Waals surface area contributed by atoms with E-state index < -0.39 is 17.6 Å². The number of aromatic nitrogens is 5. The standard InChI is InChI=1S/C20H14FN7O2/c21-15-6-1-7-16(10-15)28-20(25-18(30)14-5-3-9-23-12-14)26-19(27-28)24-17(29)13-4-2-8-22-11-13/h1-12H,(H2,24,25,26,27,29,30). The van der Waals surface area contributed by atoms with Crippen LogP contribution in [-0.4, -0.2) is 36.5 Å². The van der Waals surface area contributed by atoms with E-state index in [9.17, 15) is 14.0 Å². The Bertz CT molecular complexity index is 1200. The van der Waals surface area contributed by atoms with Crippen LogP contribution in [0.3, 0.4) is 0 Å². The third-order valence-electron chi connectivity index (χ3n) is 3.96. The van der Waals surface area contributed by atoms with Crippen LogP contribution >= 0.6 is 0 Å². The zero-order chi connectivity index (χ0) is 20.9. The first kappa shape index (κ1) is 18.9. The lowest BCUT2D eigenvalue weighted by Gasteiger charge is -2.07. The van der Waals surface area contributed by atoms with Crippen molar-refractivity contribution in [3.8, 4) is 5.69 Å². The normalized spacial score (nSPS) is 10.4. The quantitative estimate of drug-likeness (QED) is 0.530.